The van der Waals surface area contributed by atoms with E-state index in [2.05, 4.69) is 5.73 Å². The molecule has 136 valence electrons. The van der Waals surface area contributed by atoms with Crippen LogP contribution in [-0.4, -0.2) is 31.8 Å². The summed E-state index contributed by atoms with van der Waals surface area (Å²) in [4.78, 5) is 23.8. The number of methoxy groups -OCH3 is 2. The van der Waals surface area contributed by atoms with Crippen LogP contribution < -0.4 is 0 Å². The average molecular weight is 346 g/mol. The first kappa shape index (κ1) is 20.7. The summed E-state index contributed by atoms with van der Waals surface area (Å²) >= 11 is 0. The van der Waals surface area contributed by atoms with Crippen LogP contribution in [0.3, 0.4) is 0 Å². The molecule has 0 N–H and O–H groups in total. The summed E-state index contributed by atoms with van der Waals surface area (Å²) in [5.41, 5.74) is 2.13. The molecule has 0 aliphatic carbocycles. The Hall–Kier alpha value is -2.36. The molecule has 0 atom stereocenters. The molecule has 5 nitrogen and oxygen atoms in total. The zero-order valence-electron chi connectivity index (χ0n) is 15.5. The number of carbonyl (C=O) groups excluding carboxylic acids is 2. The number of esters is 2. The molecule has 0 saturated carbocycles. The predicted octanol–water partition coefficient (Wildman–Crippen LogP) is 3.44. The minimum atomic E-state index is -1.39. The van der Waals surface area contributed by atoms with Crippen LogP contribution in [0, 0.1) is 5.41 Å². The zero-order valence-corrected chi connectivity index (χ0v) is 15.5. The summed E-state index contributed by atoms with van der Waals surface area (Å²) in [5, 5.41) is 0. The highest BCUT2D eigenvalue weighted by atomic mass is 16.5. The molecule has 1 aromatic carbocycles. The summed E-state index contributed by atoms with van der Waals surface area (Å²) in [6, 6.07) is 9.86. The van der Waals surface area contributed by atoms with Gasteiger partial charge in [0.25, 0.3) is 0 Å². The molecule has 0 spiro atoms. The minimum Gasteiger partial charge on any atom is -0.468 e. The molecule has 0 aliphatic rings. The smallest absolute Gasteiger partial charge is 0.323 e. The SMILES string of the molecule is COC(=O)C(C)(CC=C=CC(C)(C)OCc1ccccc1)C(=O)OC. The van der Waals surface area contributed by atoms with E-state index in [1.54, 1.807) is 12.2 Å². The van der Waals surface area contributed by atoms with Crippen molar-refractivity contribution in [3.05, 3.63) is 53.8 Å². The third-order valence-electron chi connectivity index (χ3n) is 3.78. The highest BCUT2D eigenvalue weighted by Crippen LogP contribution is 2.25. The van der Waals surface area contributed by atoms with E-state index in [0.29, 0.717) is 6.61 Å². The summed E-state index contributed by atoms with van der Waals surface area (Å²) < 4.78 is 15.3. The molecule has 0 aromatic heterocycles. The second kappa shape index (κ2) is 9.21. The molecule has 5 heteroatoms. The van der Waals surface area contributed by atoms with E-state index < -0.39 is 23.0 Å². The van der Waals surface area contributed by atoms with E-state index in [1.807, 2.05) is 44.2 Å². The Bertz CT molecular complexity index is 623. The van der Waals surface area contributed by atoms with Gasteiger partial charge < -0.3 is 14.2 Å². The van der Waals surface area contributed by atoms with Crippen molar-refractivity contribution in [1.82, 2.24) is 0 Å². The van der Waals surface area contributed by atoms with Crippen molar-refractivity contribution in [2.45, 2.75) is 39.4 Å². The largest absolute Gasteiger partial charge is 0.468 e. The Labute approximate surface area is 149 Å². The van der Waals surface area contributed by atoms with Gasteiger partial charge in [-0.2, -0.15) is 0 Å². The first-order valence-corrected chi connectivity index (χ1v) is 8.02. The van der Waals surface area contributed by atoms with Crippen LogP contribution in [0.2, 0.25) is 0 Å². The quantitative estimate of drug-likeness (QED) is 0.410. The normalized spacial score (nSPS) is 11.2. The van der Waals surface area contributed by atoms with Gasteiger partial charge in [-0.1, -0.05) is 30.3 Å². The van der Waals surface area contributed by atoms with Crippen molar-refractivity contribution in [2.75, 3.05) is 14.2 Å². The van der Waals surface area contributed by atoms with Crippen LogP contribution >= 0.6 is 0 Å². The van der Waals surface area contributed by atoms with Crippen LogP contribution in [0.15, 0.2) is 48.2 Å². The number of benzene rings is 1. The van der Waals surface area contributed by atoms with Gasteiger partial charge >= 0.3 is 11.9 Å². The maximum atomic E-state index is 11.9. The van der Waals surface area contributed by atoms with Crippen molar-refractivity contribution < 1.29 is 23.8 Å². The van der Waals surface area contributed by atoms with E-state index in [4.69, 9.17) is 14.2 Å². The molecule has 25 heavy (non-hydrogen) atoms. The fraction of sp³-hybridized carbons (Fsp3) is 0.450. The Kier molecular flexibility index (Phi) is 7.62. The van der Waals surface area contributed by atoms with Gasteiger partial charge in [-0.3, -0.25) is 9.59 Å². The fourth-order valence-corrected chi connectivity index (χ4v) is 2.11. The lowest BCUT2D eigenvalue weighted by Gasteiger charge is -2.22. The topological polar surface area (TPSA) is 61.8 Å². The predicted molar refractivity (Wildman–Crippen MR) is 94.7 cm³/mol. The second-order valence-electron chi connectivity index (χ2n) is 6.41. The van der Waals surface area contributed by atoms with Gasteiger partial charge in [0.2, 0.25) is 0 Å². The van der Waals surface area contributed by atoms with E-state index in [-0.39, 0.29) is 6.42 Å². The first-order valence-electron chi connectivity index (χ1n) is 8.02. The first-order chi connectivity index (χ1) is 11.7. The van der Waals surface area contributed by atoms with E-state index in [9.17, 15) is 9.59 Å². The monoisotopic (exact) mass is 346 g/mol. The molecule has 0 bridgehead atoms. The van der Waals surface area contributed by atoms with Gasteiger partial charge in [0.15, 0.2) is 5.41 Å². The summed E-state index contributed by atoms with van der Waals surface area (Å²) in [6.45, 7) is 5.79. The van der Waals surface area contributed by atoms with Gasteiger partial charge in [-0.05, 0) is 44.9 Å². The lowest BCUT2D eigenvalue weighted by Crippen LogP contribution is -2.38. The molecule has 0 saturated heterocycles. The molecular weight excluding hydrogens is 320 g/mol. The average Bonchev–Trinajstić information content (AvgIpc) is 2.62. The molecule has 0 aliphatic heterocycles. The Morgan fingerprint density at radius 3 is 2.12 bits per heavy atom. The van der Waals surface area contributed by atoms with Gasteiger partial charge in [-0.25, -0.2) is 0 Å². The Morgan fingerprint density at radius 1 is 1.04 bits per heavy atom. The number of ether oxygens (including phenoxy) is 3. The molecule has 0 amide bonds. The Balaban J connectivity index is 2.73. The maximum absolute atomic E-state index is 11.9. The molecule has 1 rings (SSSR count). The van der Waals surface area contributed by atoms with Crippen LogP contribution in [0.5, 0.6) is 0 Å². The van der Waals surface area contributed by atoms with Crippen LogP contribution in [0.1, 0.15) is 32.8 Å². The molecule has 0 fully saturated rings. The van der Waals surface area contributed by atoms with Gasteiger partial charge in [0.05, 0.1) is 26.4 Å². The third kappa shape index (κ3) is 6.22. The lowest BCUT2D eigenvalue weighted by molar-refractivity contribution is -0.167. The number of hydrogen-bond acceptors (Lipinski definition) is 5. The fourth-order valence-electron chi connectivity index (χ4n) is 2.11. The zero-order chi connectivity index (χ0) is 18.9. The number of rotatable bonds is 8. The van der Waals surface area contributed by atoms with Crippen LogP contribution in [0.25, 0.3) is 0 Å². The summed E-state index contributed by atoms with van der Waals surface area (Å²) in [7, 11) is 2.48. The molecule has 1 aromatic rings. The highest BCUT2D eigenvalue weighted by molar-refractivity contribution is 5.99. The van der Waals surface area contributed by atoms with E-state index >= 15 is 0 Å². The number of hydrogen-bond donors (Lipinski definition) is 0. The maximum Gasteiger partial charge on any atom is 0.323 e. The summed E-state index contributed by atoms with van der Waals surface area (Å²) in [5.74, 6) is -1.28. The van der Waals surface area contributed by atoms with E-state index in [1.165, 1.54) is 21.1 Å². The minimum absolute atomic E-state index is 0.123. The van der Waals surface area contributed by atoms with E-state index in [0.717, 1.165) is 5.56 Å². The van der Waals surface area contributed by atoms with Crippen molar-refractivity contribution in [1.29, 1.82) is 0 Å². The van der Waals surface area contributed by atoms with Crippen LogP contribution in [0.4, 0.5) is 0 Å². The van der Waals surface area contributed by atoms with Crippen molar-refractivity contribution in [3.8, 4) is 0 Å². The second-order valence-corrected chi connectivity index (χ2v) is 6.41. The molecule has 0 heterocycles. The third-order valence-corrected chi connectivity index (χ3v) is 3.78. The number of carbonyl (C=O) groups is 2. The standard InChI is InChI=1S/C20H26O5/c1-19(2,25-15-16-11-7-6-8-12-16)13-9-10-14-20(3,17(21)23-4)18(22)24-5/h6-8,10-13H,14-15H2,1-5H3. The van der Waals surface area contributed by atoms with Gasteiger partial charge in [-0.15, -0.1) is 5.73 Å². The lowest BCUT2D eigenvalue weighted by atomic mass is 9.87. The molecule has 0 unspecified atom stereocenters. The van der Waals surface area contributed by atoms with Crippen LogP contribution in [-0.2, 0) is 30.4 Å². The Morgan fingerprint density at radius 2 is 1.60 bits per heavy atom. The van der Waals surface area contributed by atoms with Crippen molar-refractivity contribution in [3.63, 3.8) is 0 Å². The molecular formula is C20H26O5. The molecule has 0 radical (unpaired) electrons. The highest BCUT2D eigenvalue weighted by Gasteiger charge is 2.42. The van der Waals surface area contributed by atoms with Crippen molar-refractivity contribution >= 4 is 11.9 Å². The summed E-state index contributed by atoms with van der Waals surface area (Å²) in [6.07, 6.45) is 3.49. The van der Waals surface area contributed by atoms with Crippen molar-refractivity contribution in [2.24, 2.45) is 5.41 Å². The van der Waals surface area contributed by atoms with Gasteiger partial charge in [0, 0.05) is 0 Å². The van der Waals surface area contributed by atoms with Gasteiger partial charge in [0.1, 0.15) is 0 Å².